The van der Waals surface area contributed by atoms with E-state index in [0.717, 1.165) is 18.8 Å². The van der Waals surface area contributed by atoms with Gasteiger partial charge in [-0.3, -0.25) is 4.79 Å². The van der Waals surface area contributed by atoms with Crippen LogP contribution in [0.1, 0.15) is 45.1 Å². The molecule has 0 radical (unpaired) electrons. The van der Waals surface area contributed by atoms with Crippen LogP contribution in [0, 0.1) is 29.1 Å². The minimum atomic E-state index is 0.0715. The van der Waals surface area contributed by atoms with E-state index in [1.807, 2.05) is 6.07 Å². The number of hydrogen-bond donors (Lipinski definition) is 1. The summed E-state index contributed by atoms with van der Waals surface area (Å²) >= 11 is 0. The van der Waals surface area contributed by atoms with Crippen molar-refractivity contribution in [3.8, 4) is 6.07 Å². The maximum atomic E-state index is 12.1. The lowest BCUT2D eigenvalue weighted by Gasteiger charge is -2.07. The Morgan fingerprint density at radius 3 is 2.90 bits per heavy atom. The zero-order valence-corrected chi connectivity index (χ0v) is 12.2. The number of carbonyl (C=O) groups is 1. The highest BCUT2D eigenvalue weighted by molar-refractivity contribution is 5.95. The highest BCUT2D eigenvalue weighted by Gasteiger charge is 2.42. The Hall–Kier alpha value is -1.82. The molecular weight excluding hydrogens is 248 g/mol. The second-order valence-electron chi connectivity index (χ2n) is 6.07. The molecule has 106 valence electrons. The van der Waals surface area contributed by atoms with Crippen molar-refractivity contribution in [3.05, 3.63) is 29.8 Å². The normalized spacial score (nSPS) is 20.5. The number of nitrogens with zero attached hydrogens (tertiary/aromatic N) is 1. The summed E-state index contributed by atoms with van der Waals surface area (Å²) < 4.78 is 0. The summed E-state index contributed by atoms with van der Waals surface area (Å²) in [5.74, 6) is 1.50. The zero-order chi connectivity index (χ0) is 14.5. The third-order valence-electron chi connectivity index (χ3n) is 3.92. The summed E-state index contributed by atoms with van der Waals surface area (Å²) in [6.07, 6.45) is 4.60. The SMILES string of the molecule is CC(C)CCC[C@H]1C[C@@H]1C(=O)Nc1ccccc1C#N. The van der Waals surface area contributed by atoms with Gasteiger partial charge in [-0.1, -0.05) is 38.8 Å². The van der Waals surface area contributed by atoms with Gasteiger partial charge in [-0.15, -0.1) is 0 Å². The second-order valence-corrected chi connectivity index (χ2v) is 6.07. The smallest absolute Gasteiger partial charge is 0.227 e. The molecule has 0 bridgehead atoms. The Labute approximate surface area is 121 Å². The van der Waals surface area contributed by atoms with Crippen LogP contribution in [0.15, 0.2) is 24.3 Å². The molecule has 1 aromatic rings. The number of nitriles is 1. The first-order chi connectivity index (χ1) is 9.61. The van der Waals surface area contributed by atoms with Gasteiger partial charge in [0.2, 0.25) is 5.91 Å². The average molecular weight is 270 g/mol. The summed E-state index contributed by atoms with van der Waals surface area (Å²) in [6.45, 7) is 4.46. The van der Waals surface area contributed by atoms with Crippen molar-refractivity contribution in [2.75, 3.05) is 5.32 Å². The van der Waals surface area contributed by atoms with Crippen molar-refractivity contribution in [1.82, 2.24) is 0 Å². The van der Waals surface area contributed by atoms with Crippen molar-refractivity contribution in [3.63, 3.8) is 0 Å². The average Bonchev–Trinajstić information content (AvgIpc) is 3.18. The zero-order valence-electron chi connectivity index (χ0n) is 12.2. The molecule has 0 unspecified atom stereocenters. The number of anilines is 1. The Kier molecular flexibility index (Phi) is 4.79. The fourth-order valence-electron chi connectivity index (χ4n) is 2.59. The summed E-state index contributed by atoms with van der Waals surface area (Å²) in [5, 5.41) is 11.9. The molecule has 0 aromatic heterocycles. The van der Waals surface area contributed by atoms with Crippen LogP contribution in [0.5, 0.6) is 0 Å². The first-order valence-corrected chi connectivity index (χ1v) is 7.41. The van der Waals surface area contributed by atoms with E-state index in [1.54, 1.807) is 18.2 Å². The molecule has 0 aliphatic heterocycles. The lowest BCUT2D eigenvalue weighted by atomic mass is 10.0. The van der Waals surface area contributed by atoms with Gasteiger partial charge in [0, 0.05) is 5.92 Å². The molecule has 0 saturated heterocycles. The highest BCUT2D eigenvalue weighted by atomic mass is 16.2. The topological polar surface area (TPSA) is 52.9 Å². The van der Waals surface area contributed by atoms with Crippen LogP contribution in [0.25, 0.3) is 0 Å². The van der Waals surface area contributed by atoms with Gasteiger partial charge in [0.1, 0.15) is 6.07 Å². The molecule has 1 amide bonds. The summed E-state index contributed by atoms with van der Waals surface area (Å²) in [5.41, 5.74) is 1.16. The molecule has 1 fully saturated rings. The maximum Gasteiger partial charge on any atom is 0.227 e. The van der Waals surface area contributed by atoms with Crippen LogP contribution in [0.4, 0.5) is 5.69 Å². The summed E-state index contributed by atoms with van der Waals surface area (Å²) in [6, 6.07) is 9.26. The van der Waals surface area contributed by atoms with Crippen LogP contribution >= 0.6 is 0 Å². The molecule has 3 heteroatoms. The number of carbonyl (C=O) groups excluding carboxylic acids is 1. The van der Waals surface area contributed by atoms with E-state index in [9.17, 15) is 4.79 Å². The standard InChI is InChI=1S/C17H22N2O/c1-12(2)6-5-8-13-10-15(13)17(20)19-16-9-4-3-7-14(16)11-18/h3-4,7,9,12-13,15H,5-6,8,10H2,1-2H3,(H,19,20)/t13-,15-/m0/s1. The molecule has 0 heterocycles. The molecule has 0 spiro atoms. The van der Waals surface area contributed by atoms with Crippen molar-refractivity contribution in [2.45, 2.75) is 39.5 Å². The van der Waals surface area contributed by atoms with Gasteiger partial charge >= 0.3 is 0 Å². The highest BCUT2D eigenvalue weighted by Crippen LogP contribution is 2.43. The Morgan fingerprint density at radius 1 is 1.45 bits per heavy atom. The van der Waals surface area contributed by atoms with Crippen molar-refractivity contribution >= 4 is 11.6 Å². The van der Waals surface area contributed by atoms with E-state index in [0.29, 0.717) is 17.2 Å². The number of rotatable bonds is 6. The van der Waals surface area contributed by atoms with Crippen molar-refractivity contribution < 1.29 is 4.79 Å². The van der Waals surface area contributed by atoms with Crippen molar-refractivity contribution in [1.29, 1.82) is 5.26 Å². The van der Waals surface area contributed by atoms with Gasteiger partial charge in [-0.05, 0) is 36.8 Å². The quantitative estimate of drug-likeness (QED) is 0.850. The van der Waals surface area contributed by atoms with E-state index < -0.39 is 0 Å². The molecule has 1 N–H and O–H groups in total. The van der Waals surface area contributed by atoms with Gasteiger partial charge < -0.3 is 5.32 Å². The van der Waals surface area contributed by atoms with E-state index >= 15 is 0 Å². The molecule has 1 aliphatic rings. The minimum Gasteiger partial charge on any atom is -0.325 e. The maximum absolute atomic E-state index is 12.1. The second kappa shape index (κ2) is 6.56. The van der Waals surface area contributed by atoms with E-state index in [-0.39, 0.29) is 11.8 Å². The van der Waals surface area contributed by atoms with Gasteiger partial charge in [0.05, 0.1) is 11.3 Å². The van der Waals surface area contributed by atoms with Crippen LogP contribution in [0.3, 0.4) is 0 Å². The van der Waals surface area contributed by atoms with E-state index in [1.165, 1.54) is 12.8 Å². The number of hydrogen-bond acceptors (Lipinski definition) is 2. The molecule has 1 aromatic carbocycles. The van der Waals surface area contributed by atoms with Crippen LogP contribution in [-0.4, -0.2) is 5.91 Å². The first kappa shape index (κ1) is 14.6. The monoisotopic (exact) mass is 270 g/mol. The fraction of sp³-hybridized carbons (Fsp3) is 0.529. The van der Waals surface area contributed by atoms with Gasteiger partial charge in [-0.2, -0.15) is 5.26 Å². The minimum absolute atomic E-state index is 0.0715. The van der Waals surface area contributed by atoms with Gasteiger partial charge in [0.25, 0.3) is 0 Å². The first-order valence-electron chi connectivity index (χ1n) is 7.41. The fourth-order valence-corrected chi connectivity index (χ4v) is 2.59. The number of benzene rings is 1. The Bertz CT molecular complexity index is 516. The third kappa shape index (κ3) is 3.84. The van der Waals surface area contributed by atoms with E-state index in [4.69, 9.17) is 5.26 Å². The predicted molar refractivity (Wildman–Crippen MR) is 80.1 cm³/mol. The lowest BCUT2D eigenvalue weighted by molar-refractivity contribution is -0.117. The molecule has 3 nitrogen and oxygen atoms in total. The van der Waals surface area contributed by atoms with Crippen LogP contribution in [0.2, 0.25) is 0 Å². The molecule has 2 atom stereocenters. The van der Waals surface area contributed by atoms with Crippen molar-refractivity contribution in [2.24, 2.45) is 17.8 Å². The Balaban J connectivity index is 1.81. The molecule has 20 heavy (non-hydrogen) atoms. The number of amides is 1. The van der Waals surface area contributed by atoms with Crippen LogP contribution in [-0.2, 0) is 4.79 Å². The van der Waals surface area contributed by atoms with E-state index in [2.05, 4.69) is 25.2 Å². The van der Waals surface area contributed by atoms with Gasteiger partial charge in [-0.25, -0.2) is 0 Å². The largest absolute Gasteiger partial charge is 0.325 e. The number of nitrogens with one attached hydrogen (secondary N) is 1. The molecule has 2 rings (SSSR count). The Morgan fingerprint density at radius 2 is 2.20 bits per heavy atom. The van der Waals surface area contributed by atoms with Gasteiger partial charge in [0.15, 0.2) is 0 Å². The third-order valence-corrected chi connectivity index (χ3v) is 3.92. The predicted octanol–water partition coefficient (Wildman–Crippen LogP) is 3.96. The molecule has 1 aliphatic carbocycles. The molecular formula is C17H22N2O. The summed E-state index contributed by atoms with van der Waals surface area (Å²) in [7, 11) is 0. The molecule has 1 saturated carbocycles. The van der Waals surface area contributed by atoms with Crippen LogP contribution < -0.4 is 5.32 Å². The summed E-state index contributed by atoms with van der Waals surface area (Å²) in [4.78, 5) is 12.1. The lowest BCUT2D eigenvalue weighted by Crippen LogP contribution is -2.15. The number of para-hydroxylation sites is 1.